The number of halogens is 1. The van der Waals surface area contributed by atoms with Crippen LogP contribution in [0.4, 0.5) is 0 Å². The van der Waals surface area contributed by atoms with Crippen molar-refractivity contribution in [1.82, 2.24) is 0 Å². The molecule has 0 N–H and O–H groups in total. The van der Waals surface area contributed by atoms with Gasteiger partial charge in [0, 0.05) is 6.42 Å². The third-order valence-corrected chi connectivity index (χ3v) is 3.20. The average molecular weight is 284 g/mol. The summed E-state index contributed by atoms with van der Waals surface area (Å²) in [5, 5.41) is 0. The Balaban J connectivity index is 0.00000225. The fraction of sp³-hybridized carbons (Fsp3) is 0.429. The van der Waals surface area contributed by atoms with E-state index in [9.17, 15) is 0 Å². The summed E-state index contributed by atoms with van der Waals surface area (Å²) in [5.41, 5.74) is 1.41. The number of benzene rings is 1. The van der Waals surface area contributed by atoms with Gasteiger partial charge < -0.3 is 17.0 Å². The summed E-state index contributed by atoms with van der Waals surface area (Å²) in [7, 11) is 4.42. The lowest BCUT2D eigenvalue weighted by molar-refractivity contribution is -0.865. The van der Waals surface area contributed by atoms with Crippen molar-refractivity contribution in [2.45, 2.75) is 25.8 Å². The van der Waals surface area contributed by atoms with E-state index in [4.69, 9.17) is 0 Å². The van der Waals surface area contributed by atoms with E-state index in [1.54, 1.807) is 0 Å². The number of likely N-dealkylation sites (N-methyl/N-ethyl adjacent to an activating group) is 1. The zero-order valence-corrected chi connectivity index (χ0v) is 12.1. The number of nitrogens with zero attached hydrogens (tertiary/aromatic N) is 1. The van der Waals surface area contributed by atoms with Crippen LogP contribution < -0.4 is 17.0 Å². The highest BCUT2D eigenvalue weighted by molar-refractivity contribution is 5.15. The molecule has 0 saturated heterocycles. The predicted octanol–water partition coefficient (Wildman–Crippen LogP) is 0.232. The minimum atomic E-state index is 0. The summed E-state index contributed by atoms with van der Waals surface area (Å²) in [6, 6.07) is 11.3. The average Bonchev–Trinajstić information content (AvgIpc) is 2.27. The molecule has 1 atom stereocenters. The van der Waals surface area contributed by atoms with E-state index in [0.29, 0.717) is 6.04 Å². The zero-order valence-electron chi connectivity index (χ0n) is 10.5. The van der Waals surface area contributed by atoms with Gasteiger partial charge in [-0.25, -0.2) is 0 Å². The van der Waals surface area contributed by atoms with Crippen LogP contribution in [-0.2, 0) is 6.42 Å². The van der Waals surface area contributed by atoms with Gasteiger partial charge in [-0.15, -0.1) is 0 Å². The maximum Gasteiger partial charge on any atom is 0.0966 e. The van der Waals surface area contributed by atoms with Gasteiger partial charge >= 0.3 is 0 Å². The third kappa shape index (κ3) is 4.11. The summed E-state index contributed by atoms with van der Waals surface area (Å²) in [4.78, 5) is 0. The first-order chi connectivity index (χ1) is 7.10. The van der Waals surface area contributed by atoms with E-state index >= 15 is 0 Å². The zero-order chi connectivity index (χ0) is 11.3. The number of hydrogen-bond acceptors (Lipinski definition) is 0. The molecule has 0 aliphatic rings. The Morgan fingerprint density at radius 1 is 1.25 bits per heavy atom. The first-order valence-corrected chi connectivity index (χ1v) is 5.61. The van der Waals surface area contributed by atoms with Crippen LogP contribution in [0.15, 0.2) is 43.1 Å². The largest absolute Gasteiger partial charge is 1.00 e. The second-order valence-corrected chi connectivity index (χ2v) is 4.56. The molecule has 90 valence electrons. The molecule has 1 nitrogen and oxygen atoms in total. The van der Waals surface area contributed by atoms with Crippen molar-refractivity contribution < 1.29 is 21.5 Å². The van der Waals surface area contributed by atoms with Gasteiger partial charge in [0.2, 0.25) is 0 Å². The molecule has 2 heteroatoms. The van der Waals surface area contributed by atoms with Gasteiger partial charge in [-0.1, -0.05) is 37.3 Å². The molecule has 1 aromatic rings. The van der Waals surface area contributed by atoms with E-state index in [0.717, 1.165) is 10.9 Å². The fourth-order valence-electron chi connectivity index (χ4n) is 1.89. The van der Waals surface area contributed by atoms with Gasteiger partial charge in [0.05, 0.1) is 26.3 Å². The molecular formula is C14H22BrN. The molecule has 0 amide bonds. The summed E-state index contributed by atoms with van der Waals surface area (Å²) >= 11 is 0. The maximum absolute atomic E-state index is 3.92. The topological polar surface area (TPSA) is 0 Å². The summed E-state index contributed by atoms with van der Waals surface area (Å²) < 4.78 is 0.880. The van der Waals surface area contributed by atoms with Crippen molar-refractivity contribution in [3.8, 4) is 0 Å². The normalized spacial score (nSPS) is 12.7. The third-order valence-electron chi connectivity index (χ3n) is 3.20. The van der Waals surface area contributed by atoms with Crippen molar-refractivity contribution in [2.75, 3.05) is 14.1 Å². The second-order valence-electron chi connectivity index (χ2n) is 4.56. The van der Waals surface area contributed by atoms with Crippen LogP contribution in [0.2, 0.25) is 0 Å². The Kier molecular flexibility index (Phi) is 6.61. The molecule has 1 unspecified atom stereocenters. The molecule has 0 aromatic heterocycles. The highest BCUT2D eigenvalue weighted by Crippen LogP contribution is 2.16. The van der Waals surface area contributed by atoms with Gasteiger partial charge in [-0.05, 0) is 18.6 Å². The SMILES string of the molecule is C=C[N+](C)(C)C(CC)Cc1ccccc1.[Br-]. The van der Waals surface area contributed by atoms with Crippen LogP contribution in [0.1, 0.15) is 18.9 Å². The van der Waals surface area contributed by atoms with Gasteiger partial charge in [0.15, 0.2) is 0 Å². The number of hydrogen-bond donors (Lipinski definition) is 0. The minimum absolute atomic E-state index is 0. The Morgan fingerprint density at radius 2 is 1.81 bits per heavy atom. The molecule has 0 radical (unpaired) electrons. The van der Waals surface area contributed by atoms with Crippen LogP contribution in [0.5, 0.6) is 0 Å². The van der Waals surface area contributed by atoms with Crippen LogP contribution in [0.25, 0.3) is 0 Å². The molecule has 0 bridgehead atoms. The Hall–Kier alpha value is -0.600. The van der Waals surface area contributed by atoms with E-state index in [1.807, 2.05) is 6.20 Å². The lowest BCUT2D eigenvalue weighted by atomic mass is 10.0. The van der Waals surface area contributed by atoms with Crippen LogP contribution in [-0.4, -0.2) is 24.6 Å². The van der Waals surface area contributed by atoms with Gasteiger partial charge in [0.1, 0.15) is 0 Å². The van der Waals surface area contributed by atoms with Crippen molar-refractivity contribution in [3.05, 3.63) is 48.7 Å². The summed E-state index contributed by atoms with van der Waals surface area (Å²) in [6.45, 7) is 6.16. The first-order valence-electron chi connectivity index (χ1n) is 5.61. The van der Waals surface area contributed by atoms with Gasteiger partial charge in [-0.2, -0.15) is 0 Å². The fourth-order valence-corrected chi connectivity index (χ4v) is 1.89. The van der Waals surface area contributed by atoms with Gasteiger partial charge in [-0.3, -0.25) is 4.48 Å². The molecule has 1 rings (SSSR count). The van der Waals surface area contributed by atoms with Crippen molar-refractivity contribution >= 4 is 0 Å². The summed E-state index contributed by atoms with van der Waals surface area (Å²) in [5.74, 6) is 0. The molecule has 0 aliphatic carbocycles. The molecule has 0 aliphatic heterocycles. The van der Waals surface area contributed by atoms with Crippen molar-refractivity contribution in [3.63, 3.8) is 0 Å². The number of quaternary nitrogens is 1. The lowest BCUT2D eigenvalue weighted by Crippen LogP contribution is -3.00. The first kappa shape index (κ1) is 15.4. The van der Waals surface area contributed by atoms with E-state index < -0.39 is 0 Å². The second kappa shape index (κ2) is 6.87. The number of rotatable bonds is 5. The molecule has 0 fully saturated rings. The Labute approximate surface area is 110 Å². The highest BCUT2D eigenvalue weighted by atomic mass is 79.9. The van der Waals surface area contributed by atoms with Crippen molar-refractivity contribution in [2.24, 2.45) is 0 Å². The molecule has 0 spiro atoms. The molecule has 16 heavy (non-hydrogen) atoms. The quantitative estimate of drug-likeness (QED) is 0.679. The molecule has 0 heterocycles. The monoisotopic (exact) mass is 283 g/mol. The van der Waals surface area contributed by atoms with Crippen LogP contribution in [0.3, 0.4) is 0 Å². The highest BCUT2D eigenvalue weighted by Gasteiger charge is 2.23. The minimum Gasteiger partial charge on any atom is -1.00 e. The molecule has 0 saturated carbocycles. The summed E-state index contributed by atoms with van der Waals surface area (Å²) in [6.07, 6.45) is 4.32. The standard InChI is InChI=1S/C14H22N.BrH/c1-5-14(15(3,4)6-2)12-13-10-8-7-9-11-13;/h6-11,14H,2,5,12H2,1,3-4H3;1H/q+1;/p-1. The predicted molar refractivity (Wildman–Crippen MR) is 66.5 cm³/mol. The molecular weight excluding hydrogens is 262 g/mol. The molecule has 1 aromatic carbocycles. The Morgan fingerprint density at radius 3 is 2.25 bits per heavy atom. The maximum atomic E-state index is 3.92. The van der Waals surface area contributed by atoms with Crippen LogP contribution in [0, 0.1) is 0 Å². The smallest absolute Gasteiger partial charge is 0.0966 e. The van der Waals surface area contributed by atoms with Gasteiger partial charge in [0.25, 0.3) is 0 Å². The lowest BCUT2D eigenvalue weighted by Gasteiger charge is -2.34. The van der Waals surface area contributed by atoms with Crippen LogP contribution >= 0.6 is 0 Å². The van der Waals surface area contributed by atoms with E-state index in [2.05, 4.69) is 57.9 Å². The van der Waals surface area contributed by atoms with E-state index in [-0.39, 0.29) is 17.0 Å². The van der Waals surface area contributed by atoms with E-state index in [1.165, 1.54) is 12.0 Å². The Bertz CT molecular complexity index is 306. The van der Waals surface area contributed by atoms with Crippen molar-refractivity contribution in [1.29, 1.82) is 0 Å².